The summed E-state index contributed by atoms with van der Waals surface area (Å²) < 4.78 is 5.22. The van der Waals surface area contributed by atoms with Crippen LogP contribution in [0.1, 0.15) is 376 Å². The highest BCUT2D eigenvalue weighted by atomic mass is 16.5. The first-order chi connectivity index (χ1) is 60.1. The molecule has 0 aliphatic carbocycles. The third-order valence-corrected chi connectivity index (χ3v) is 23.8. The standard InChI is InChI=1S/C12H27NO.C11H26N2.C11H25NO2.2C11H25NO.C10H24N2.C10H23NO3.2C10H23NO2.C9H22N2/c1-11(2)13(12(3)4)9-7-5-6-8-10-14;1-6-7-12-8-9-13(10(2)3)11(4)5;1-6-11(7-13,8-14)12(9(2)3)10(4)5;1-9(2)12(10(3)4)7-11(5,6)8-13;1-10(2)12(11(3)4)8-6-5-7-9-13;1-9(2)12(10(3)4)8-6-7-11-5;1-8(2)11(9(3)4)10(5-12,6-13)7-14;1-8(2)11(9(3)4)10(5,6-12)7-13;1-9(2)11(10(3)4)5-7-13-8-6-12;1-8(2)11(9(3)4)7-6-10-5/h11-12,14H,5-10H2,1-4H3;10-12H,6-9H2,1-5H3;9-10,13-14H,6-8H2,1-5H3;9-10,13H,7-8H2,1-6H3;10-11,13H,5-9H2,1-4H3;9-11H,6-8H2,1-5H3;8-9,12-14H,5-7H2,1-4H3;8-9,12-13H,6-7H2,1-5H3;9-10,12H,5-8H2,1-4H3;8-10H,6-7H2,1-5H3. The number of nitrogens with one attached hydrogen (secondary N) is 3. The molecule has 0 spiro atoms. The first kappa shape index (κ1) is 149. The second-order valence-electron chi connectivity index (χ2n) is 42.5. The summed E-state index contributed by atoms with van der Waals surface area (Å²) in [5.41, 5.74) is -1.89. The summed E-state index contributed by atoms with van der Waals surface area (Å²) in [6, 6.07) is 10.4. The van der Waals surface area contributed by atoms with Gasteiger partial charge in [0.2, 0.25) is 0 Å². The van der Waals surface area contributed by atoms with Gasteiger partial charge >= 0.3 is 0 Å². The predicted octanol–water partition coefficient (Wildman–Crippen LogP) is 15.2. The van der Waals surface area contributed by atoms with E-state index in [9.17, 15) is 40.9 Å². The van der Waals surface area contributed by atoms with Gasteiger partial charge in [0.25, 0.3) is 0 Å². The van der Waals surface area contributed by atoms with E-state index in [2.05, 4.69) is 330 Å². The van der Waals surface area contributed by atoms with Crippen LogP contribution in [0.2, 0.25) is 0 Å². The smallest absolute Gasteiger partial charge is 0.0910 e. The number of aliphatic hydroxyl groups excluding tert-OH is 11. The molecule has 25 heteroatoms. The van der Waals surface area contributed by atoms with Crippen molar-refractivity contribution in [2.45, 2.75) is 513 Å². The van der Waals surface area contributed by atoms with E-state index in [1.54, 1.807) is 0 Å². The fraction of sp³-hybridized carbons (Fsp3) is 1.00. The molecular weight excluding hydrogens is 1640 g/mol. The molecule has 0 aromatic heterocycles. The van der Waals surface area contributed by atoms with Gasteiger partial charge in [-0.25, -0.2) is 0 Å². The molecule has 0 rings (SSSR count). The zero-order valence-electron chi connectivity index (χ0n) is 95.9. The zero-order chi connectivity index (χ0) is 104. The summed E-state index contributed by atoms with van der Waals surface area (Å²) >= 11 is 0. The Hall–Kier alpha value is -1.00. The van der Waals surface area contributed by atoms with Gasteiger partial charge in [-0.2, -0.15) is 0 Å². The van der Waals surface area contributed by atoms with Crippen LogP contribution in [0.3, 0.4) is 0 Å². The monoisotopic (exact) mass is 1880 g/mol. The van der Waals surface area contributed by atoms with E-state index in [1.807, 2.05) is 60.5 Å². The van der Waals surface area contributed by atoms with E-state index in [0.717, 1.165) is 84.6 Å². The molecule has 0 aromatic rings. The molecule has 25 nitrogen and oxygen atoms in total. The molecule has 800 valence electrons. The molecule has 0 heterocycles. The summed E-state index contributed by atoms with van der Waals surface area (Å²) in [4.78, 5) is 23.6. The molecule has 0 unspecified atom stereocenters. The average Bonchev–Trinajstić information content (AvgIpc) is 0.818. The maximum absolute atomic E-state index is 9.44. The molecule has 0 saturated heterocycles. The van der Waals surface area contributed by atoms with Gasteiger partial charge in [0.05, 0.1) is 82.7 Å². The van der Waals surface area contributed by atoms with Crippen molar-refractivity contribution in [2.75, 3.05) is 172 Å². The van der Waals surface area contributed by atoms with Crippen LogP contribution in [0.5, 0.6) is 0 Å². The van der Waals surface area contributed by atoms with Crippen LogP contribution in [0.15, 0.2) is 0 Å². The maximum atomic E-state index is 9.44. The van der Waals surface area contributed by atoms with Crippen LogP contribution in [0, 0.1) is 5.41 Å². The van der Waals surface area contributed by atoms with Crippen molar-refractivity contribution in [1.82, 2.24) is 64.9 Å². The second kappa shape index (κ2) is 90.5. The number of rotatable bonds is 62. The number of unbranched alkanes of at least 4 members (excludes halogenated alkanes) is 5. The molecule has 0 aliphatic rings. The minimum absolute atomic E-state index is 0.00847. The molecule has 0 aliphatic heterocycles. The predicted molar refractivity (Wildman–Crippen MR) is 570 cm³/mol. The topological polar surface area (TPSA) is 300 Å². The molecule has 130 heavy (non-hydrogen) atoms. The highest BCUT2D eigenvalue weighted by Gasteiger charge is 2.40. The Morgan fingerprint density at radius 2 is 0.500 bits per heavy atom. The Morgan fingerprint density at radius 3 is 0.715 bits per heavy atom. The van der Waals surface area contributed by atoms with E-state index in [0.29, 0.717) is 135 Å². The normalized spacial score (nSPS) is 12.6. The van der Waals surface area contributed by atoms with E-state index < -0.39 is 16.6 Å². The molecule has 0 atom stereocenters. The zero-order valence-corrected chi connectivity index (χ0v) is 95.9. The van der Waals surface area contributed by atoms with Crippen molar-refractivity contribution in [3.8, 4) is 0 Å². The number of likely N-dealkylation sites (N-methyl/N-ethyl adjacent to an activating group) is 1. The summed E-state index contributed by atoms with van der Waals surface area (Å²) in [5.74, 6) is 0. The summed E-state index contributed by atoms with van der Waals surface area (Å²) in [6.45, 7) is 111. The van der Waals surface area contributed by atoms with E-state index in [-0.39, 0.29) is 77.0 Å². The molecule has 0 radical (unpaired) electrons. The summed E-state index contributed by atoms with van der Waals surface area (Å²) in [7, 11) is 4.01. The van der Waals surface area contributed by atoms with Gasteiger partial charge in [-0.05, 0) is 382 Å². The Balaban J connectivity index is -0.000000154. The van der Waals surface area contributed by atoms with Gasteiger partial charge < -0.3 is 76.9 Å². The Labute approximate surface area is 812 Å². The lowest BCUT2D eigenvalue weighted by molar-refractivity contribution is -0.0776. The van der Waals surface area contributed by atoms with Crippen molar-refractivity contribution in [1.29, 1.82) is 0 Å². The van der Waals surface area contributed by atoms with Crippen molar-refractivity contribution in [2.24, 2.45) is 5.41 Å². The number of hydrogen-bond acceptors (Lipinski definition) is 25. The fourth-order valence-electron chi connectivity index (χ4n) is 17.5. The second-order valence-corrected chi connectivity index (χ2v) is 42.5. The van der Waals surface area contributed by atoms with Crippen LogP contribution in [-0.2, 0) is 4.74 Å². The number of nitrogens with zero attached hydrogens (tertiary/aromatic N) is 10. The highest BCUT2D eigenvalue weighted by Crippen LogP contribution is 2.26. The van der Waals surface area contributed by atoms with Crippen LogP contribution >= 0.6 is 0 Å². The highest BCUT2D eigenvalue weighted by molar-refractivity contribution is 4.94. The van der Waals surface area contributed by atoms with Gasteiger partial charge in [-0.3, -0.25) is 49.0 Å². The summed E-state index contributed by atoms with van der Waals surface area (Å²) in [5, 5.41) is 110. The molecule has 0 bridgehead atoms. The van der Waals surface area contributed by atoms with Gasteiger partial charge in [0.15, 0.2) is 0 Å². The molecule has 0 fully saturated rings. The van der Waals surface area contributed by atoms with Gasteiger partial charge in [0.1, 0.15) is 0 Å². The lowest BCUT2D eigenvalue weighted by atomic mass is 9.92. The van der Waals surface area contributed by atoms with E-state index in [1.165, 1.54) is 51.6 Å². The van der Waals surface area contributed by atoms with Gasteiger partial charge in [-0.1, -0.05) is 40.5 Å². The van der Waals surface area contributed by atoms with Gasteiger partial charge in [-0.15, -0.1) is 0 Å². The lowest BCUT2D eigenvalue weighted by Gasteiger charge is -2.46. The van der Waals surface area contributed by atoms with Crippen LogP contribution in [0.4, 0.5) is 0 Å². The molecular formula is C105H243N13O12. The first-order valence-corrected chi connectivity index (χ1v) is 52.1. The lowest BCUT2D eigenvalue weighted by Crippen LogP contribution is -2.62. The minimum atomic E-state index is -0.914. The number of aliphatic hydroxyl groups is 11. The van der Waals surface area contributed by atoms with Crippen LogP contribution in [-0.4, -0.2) is 415 Å². The van der Waals surface area contributed by atoms with E-state index in [4.69, 9.17) is 20.1 Å². The van der Waals surface area contributed by atoms with Crippen molar-refractivity contribution in [3.63, 3.8) is 0 Å². The molecule has 0 aromatic carbocycles. The Bertz CT molecular complexity index is 2060. The first-order valence-electron chi connectivity index (χ1n) is 52.1. The maximum Gasteiger partial charge on any atom is 0.0910 e. The largest absolute Gasteiger partial charge is 0.396 e. The van der Waals surface area contributed by atoms with Crippen molar-refractivity contribution in [3.05, 3.63) is 0 Å². The van der Waals surface area contributed by atoms with Crippen molar-refractivity contribution < 1.29 is 60.9 Å². The SMILES string of the molecule is CC(C)N(C(C)C)C(C)(CO)CO.CC(C)N(C(C)C)C(CO)(CO)CO.CC(C)N(CC(C)(C)CO)C(C)C.CC(C)N(CCCCCCO)C(C)C.CC(C)N(CCCCCO)C(C)C.CC(C)N(CCOCCO)C(C)C.CCC(CO)(CO)N(C(C)C)C(C)C.CCCNCCN(C(C)C)C(C)C.CNCCCN(C(C)C)C(C)C.CNCCN(C(C)C)C(C)C. The Morgan fingerprint density at radius 1 is 0.238 bits per heavy atom. The fourth-order valence-corrected chi connectivity index (χ4v) is 17.5. The molecule has 0 saturated carbocycles. The molecule has 0 amide bonds. The van der Waals surface area contributed by atoms with Crippen LogP contribution < -0.4 is 16.0 Å². The minimum Gasteiger partial charge on any atom is -0.396 e. The van der Waals surface area contributed by atoms with E-state index >= 15 is 0 Å². The van der Waals surface area contributed by atoms with Crippen molar-refractivity contribution >= 4 is 0 Å². The molecule has 14 N–H and O–H groups in total. The average molecular weight is 1880 g/mol. The third kappa shape index (κ3) is 75.9. The Kier molecular flexibility index (Phi) is 104. The number of ether oxygens (including phenoxy) is 1. The quantitative estimate of drug-likeness (QED) is 0.0252. The van der Waals surface area contributed by atoms with Gasteiger partial charge in [0, 0.05) is 185 Å². The number of hydrogen-bond donors (Lipinski definition) is 14. The summed E-state index contributed by atoms with van der Waals surface area (Å²) in [6.07, 6.45) is 11.2. The third-order valence-electron chi connectivity index (χ3n) is 23.8. The van der Waals surface area contributed by atoms with Crippen LogP contribution in [0.25, 0.3) is 0 Å².